The van der Waals surface area contributed by atoms with Gasteiger partial charge in [0, 0.05) is 7.05 Å². The van der Waals surface area contributed by atoms with Crippen LogP contribution in [-0.4, -0.2) is 31.2 Å². The molecule has 0 spiro atoms. The summed E-state index contributed by atoms with van der Waals surface area (Å²) < 4.78 is 18.5. The van der Waals surface area contributed by atoms with Crippen LogP contribution in [0.3, 0.4) is 0 Å². The molecule has 0 aliphatic heterocycles. The third kappa shape index (κ3) is 4.53. The summed E-state index contributed by atoms with van der Waals surface area (Å²) in [5.74, 6) is -1.21. The fourth-order valence-electron chi connectivity index (χ4n) is 1.92. The molecule has 0 radical (unpaired) electrons. The van der Waals surface area contributed by atoms with Crippen molar-refractivity contribution >= 4 is 17.7 Å². The maximum Gasteiger partial charge on any atom is 0.411 e. The van der Waals surface area contributed by atoms with Gasteiger partial charge in [-0.3, -0.25) is 14.9 Å². The molecule has 2 rings (SSSR count). The molecule has 0 bridgehead atoms. The van der Waals surface area contributed by atoms with Gasteiger partial charge in [0.1, 0.15) is 12.4 Å². The summed E-state index contributed by atoms with van der Waals surface area (Å²) in [5, 5.41) is 3.36. The number of hydroxylamine groups is 2. The van der Waals surface area contributed by atoms with Gasteiger partial charge in [-0.15, -0.1) is 0 Å². The molecule has 0 aromatic heterocycles. The van der Waals surface area contributed by atoms with Crippen LogP contribution < -0.4 is 5.32 Å². The number of hydrogen-bond donors (Lipinski definition) is 1. The van der Waals surface area contributed by atoms with Gasteiger partial charge in [0.2, 0.25) is 0 Å². The molecule has 0 atom stereocenters. The molecule has 0 unspecified atom stereocenters. The summed E-state index contributed by atoms with van der Waals surface area (Å²) in [7, 11) is 2.68. The van der Waals surface area contributed by atoms with E-state index in [4.69, 9.17) is 9.57 Å². The highest BCUT2D eigenvalue weighted by Crippen LogP contribution is 2.19. The number of nitrogens with zero attached hydrogens (tertiary/aromatic N) is 1. The normalized spacial score (nSPS) is 10.1. The Labute approximate surface area is 138 Å². The summed E-state index contributed by atoms with van der Waals surface area (Å²) in [6, 6.07) is 12.6. The lowest BCUT2D eigenvalue weighted by Gasteiger charge is -2.16. The topological polar surface area (TPSA) is 67.9 Å². The molecule has 24 heavy (non-hydrogen) atoms. The second-order valence-electron chi connectivity index (χ2n) is 4.86. The predicted octanol–water partition coefficient (Wildman–Crippen LogP) is 3.21. The maximum atomic E-state index is 13.4. The van der Waals surface area contributed by atoms with E-state index in [0.717, 1.165) is 22.8 Å². The average molecular weight is 332 g/mol. The first-order chi connectivity index (χ1) is 11.5. The molecule has 0 heterocycles. The predicted molar refractivity (Wildman–Crippen MR) is 85.8 cm³/mol. The van der Waals surface area contributed by atoms with E-state index in [0.29, 0.717) is 0 Å². The Balaban J connectivity index is 2.08. The largest absolute Gasteiger partial charge is 0.444 e. The van der Waals surface area contributed by atoms with E-state index in [1.807, 2.05) is 30.3 Å². The van der Waals surface area contributed by atoms with Gasteiger partial charge in [-0.25, -0.2) is 14.2 Å². The molecule has 0 aliphatic carbocycles. The molecule has 0 aliphatic rings. The number of carbonyl (C=O) groups excluding carboxylic acids is 2. The maximum absolute atomic E-state index is 13.4. The van der Waals surface area contributed by atoms with Crippen LogP contribution in [-0.2, 0) is 16.2 Å². The Morgan fingerprint density at radius 1 is 1.17 bits per heavy atom. The van der Waals surface area contributed by atoms with E-state index in [9.17, 15) is 14.0 Å². The zero-order valence-corrected chi connectivity index (χ0v) is 13.3. The fraction of sp³-hybridized carbons (Fsp3) is 0.176. The Morgan fingerprint density at radius 2 is 1.88 bits per heavy atom. The number of carbonyl (C=O) groups is 2. The van der Waals surface area contributed by atoms with Gasteiger partial charge in [-0.05, 0) is 23.8 Å². The van der Waals surface area contributed by atoms with Crippen LogP contribution in [0.2, 0.25) is 0 Å². The Bertz CT molecular complexity index is 722. The van der Waals surface area contributed by atoms with Crippen molar-refractivity contribution < 1.29 is 23.6 Å². The number of nitrogens with one attached hydrogen (secondary N) is 1. The average Bonchev–Trinajstić information content (AvgIpc) is 2.61. The van der Waals surface area contributed by atoms with E-state index in [-0.39, 0.29) is 17.9 Å². The van der Waals surface area contributed by atoms with Crippen molar-refractivity contribution in [1.82, 2.24) is 5.06 Å². The summed E-state index contributed by atoms with van der Waals surface area (Å²) in [6.07, 6.45) is -0.750. The highest BCUT2D eigenvalue weighted by Gasteiger charge is 2.18. The molecular weight excluding hydrogens is 315 g/mol. The second-order valence-corrected chi connectivity index (χ2v) is 4.86. The smallest absolute Gasteiger partial charge is 0.411 e. The Kier molecular flexibility index (Phi) is 5.86. The Hall–Kier alpha value is -2.93. The van der Waals surface area contributed by atoms with Crippen LogP contribution in [0.15, 0.2) is 48.5 Å². The lowest BCUT2D eigenvalue weighted by Crippen LogP contribution is -2.27. The molecule has 6 nitrogen and oxygen atoms in total. The number of benzene rings is 2. The molecule has 126 valence electrons. The lowest BCUT2D eigenvalue weighted by molar-refractivity contribution is -0.0756. The SMILES string of the molecule is CON(C)C(=O)c1cc(F)ccc1NC(=O)OCc1ccccc1. The standard InChI is InChI=1S/C17H17FN2O4/c1-20(23-2)16(21)14-10-13(18)8-9-15(14)19-17(22)24-11-12-6-4-3-5-7-12/h3-10H,11H2,1-2H3,(H,19,22). The quantitative estimate of drug-likeness (QED) is 0.854. The number of ether oxygens (including phenoxy) is 1. The van der Waals surface area contributed by atoms with Crippen molar-refractivity contribution in [2.24, 2.45) is 0 Å². The zero-order chi connectivity index (χ0) is 17.5. The summed E-state index contributed by atoms with van der Waals surface area (Å²) >= 11 is 0. The van der Waals surface area contributed by atoms with Crippen molar-refractivity contribution in [1.29, 1.82) is 0 Å². The minimum atomic E-state index is -0.750. The second kappa shape index (κ2) is 8.07. The molecule has 0 fully saturated rings. The molecule has 2 aromatic carbocycles. The van der Waals surface area contributed by atoms with Gasteiger partial charge in [0.25, 0.3) is 5.91 Å². The van der Waals surface area contributed by atoms with Crippen molar-refractivity contribution in [3.63, 3.8) is 0 Å². The van der Waals surface area contributed by atoms with Gasteiger partial charge in [-0.1, -0.05) is 30.3 Å². The van der Waals surface area contributed by atoms with E-state index < -0.39 is 17.8 Å². The van der Waals surface area contributed by atoms with E-state index in [1.165, 1.54) is 20.2 Å². The summed E-state index contributed by atoms with van der Waals surface area (Å²) in [6.45, 7) is 0.0785. The van der Waals surface area contributed by atoms with Crippen molar-refractivity contribution in [2.75, 3.05) is 19.5 Å². The van der Waals surface area contributed by atoms with E-state index in [2.05, 4.69) is 5.32 Å². The summed E-state index contributed by atoms with van der Waals surface area (Å²) in [5.41, 5.74) is 0.904. The molecule has 2 aromatic rings. The Morgan fingerprint density at radius 3 is 2.54 bits per heavy atom. The van der Waals surface area contributed by atoms with Crippen LogP contribution in [0.1, 0.15) is 15.9 Å². The number of amides is 2. The number of hydrogen-bond acceptors (Lipinski definition) is 4. The van der Waals surface area contributed by atoms with Gasteiger partial charge in [0.05, 0.1) is 18.4 Å². The van der Waals surface area contributed by atoms with E-state index >= 15 is 0 Å². The zero-order valence-electron chi connectivity index (χ0n) is 13.3. The molecule has 1 N–H and O–H groups in total. The van der Waals surface area contributed by atoms with Gasteiger partial charge >= 0.3 is 6.09 Å². The molecule has 0 saturated heterocycles. The first kappa shape index (κ1) is 17.4. The number of rotatable bonds is 5. The minimum Gasteiger partial charge on any atom is -0.444 e. The lowest BCUT2D eigenvalue weighted by atomic mass is 10.1. The summed E-state index contributed by atoms with van der Waals surface area (Å²) in [4.78, 5) is 28.8. The van der Waals surface area contributed by atoms with Gasteiger partial charge in [0.15, 0.2) is 0 Å². The van der Waals surface area contributed by atoms with Crippen LogP contribution in [0.4, 0.5) is 14.9 Å². The molecule has 0 saturated carbocycles. The van der Waals surface area contributed by atoms with Crippen LogP contribution in [0, 0.1) is 5.82 Å². The van der Waals surface area contributed by atoms with Crippen molar-refractivity contribution in [3.8, 4) is 0 Å². The highest BCUT2D eigenvalue weighted by molar-refractivity contribution is 6.02. The molecule has 2 amide bonds. The third-order valence-electron chi connectivity index (χ3n) is 3.22. The van der Waals surface area contributed by atoms with Crippen LogP contribution in [0.5, 0.6) is 0 Å². The van der Waals surface area contributed by atoms with Gasteiger partial charge < -0.3 is 4.74 Å². The first-order valence-corrected chi connectivity index (χ1v) is 7.10. The van der Waals surface area contributed by atoms with Crippen LogP contribution >= 0.6 is 0 Å². The molecule has 7 heteroatoms. The first-order valence-electron chi connectivity index (χ1n) is 7.10. The highest BCUT2D eigenvalue weighted by atomic mass is 19.1. The van der Waals surface area contributed by atoms with E-state index in [1.54, 1.807) is 0 Å². The minimum absolute atomic E-state index is 0.0454. The van der Waals surface area contributed by atoms with Crippen molar-refractivity contribution in [2.45, 2.75) is 6.61 Å². The van der Waals surface area contributed by atoms with Crippen LogP contribution in [0.25, 0.3) is 0 Å². The van der Waals surface area contributed by atoms with Crippen molar-refractivity contribution in [3.05, 3.63) is 65.5 Å². The third-order valence-corrected chi connectivity index (χ3v) is 3.22. The monoisotopic (exact) mass is 332 g/mol. The molecular formula is C17H17FN2O4. The number of halogens is 1. The fourth-order valence-corrected chi connectivity index (χ4v) is 1.92. The van der Waals surface area contributed by atoms with Gasteiger partial charge in [-0.2, -0.15) is 0 Å². The number of anilines is 1.